The van der Waals surface area contributed by atoms with Crippen molar-refractivity contribution in [1.82, 2.24) is 14.7 Å². The highest BCUT2D eigenvalue weighted by Gasteiger charge is 2.40. The molecule has 2 aromatic rings. The molecule has 7 nitrogen and oxygen atoms in total. The van der Waals surface area contributed by atoms with Crippen molar-refractivity contribution >= 4 is 27.8 Å². The van der Waals surface area contributed by atoms with Crippen LogP contribution in [-0.4, -0.2) is 55.5 Å². The number of carbonyl (C=O) groups is 2. The van der Waals surface area contributed by atoms with Gasteiger partial charge in [-0.05, 0) is 24.3 Å². The molecule has 2 heterocycles. The Kier molecular flexibility index (Phi) is 4.42. The second kappa shape index (κ2) is 6.37. The van der Waals surface area contributed by atoms with Gasteiger partial charge >= 0.3 is 5.97 Å². The van der Waals surface area contributed by atoms with Gasteiger partial charge in [-0.15, -0.1) is 0 Å². The molecule has 1 fully saturated rings. The Balaban J connectivity index is 1.71. The highest BCUT2D eigenvalue weighted by Crippen LogP contribution is 2.24. The molecule has 126 valence electrons. The maximum Gasteiger partial charge on any atom is 0.335 e. The minimum Gasteiger partial charge on any atom is -0.479 e. The maximum atomic E-state index is 12.5. The molecule has 1 aliphatic heterocycles. The molecule has 1 aliphatic rings. The number of aliphatic hydroxyl groups is 1. The van der Waals surface area contributed by atoms with Crippen LogP contribution >= 0.6 is 15.9 Å². The van der Waals surface area contributed by atoms with Crippen molar-refractivity contribution in [3.05, 3.63) is 46.7 Å². The third-order valence-corrected chi connectivity index (χ3v) is 4.73. The largest absolute Gasteiger partial charge is 0.479 e. The molecule has 0 aliphatic carbocycles. The topological polar surface area (TPSA) is 95.7 Å². The van der Waals surface area contributed by atoms with E-state index < -0.39 is 11.6 Å². The van der Waals surface area contributed by atoms with E-state index >= 15 is 0 Å². The summed E-state index contributed by atoms with van der Waals surface area (Å²) in [5.74, 6) is -1.46. The zero-order chi connectivity index (χ0) is 17.3. The van der Waals surface area contributed by atoms with E-state index in [4.69, 9.17) is 5.11 Å². The maximum absolute atomic E-state index is 12.5. The van der Waals surface area contributed by atoms with Crippen LogP contribution in [0.4, 0.5) is 0 Å². The molecule has 1 aromatic carbocycles. The number of rotatable bonds is 3. The van der Waals surface area contributed by atoms with E-state index in [1.165, 1.54) is 6.20 Å². The van der Waals surface area contributed by atoms with Crippen molar-refractivity contribution in [3.63, 3.8) is 0 Å². The van der Waals surface area contributed by atoms with Crippen molar-refractivity contribution in [2.45, 2.75) is 18.4 Å². The number of hydrogen-bond acceptors (Lipinski definition) is 4. The Morgan fingerprint density at radius 2 is 1.79 bits per heavy atom. The molecular formula is C16H16BrN3O4. The molecule has 1 amide bonds. The summed E-state index contributed by atoms with van der Waals surface area (Å²) in [6.45, 7) is 0.399. The Morgan fingerprint density at radius 3 is 2.38 bits per heavy atom. The molecular weight excluding hydrogens is 378 g/mol. The van der Waals surface area contributed by atoms with Gasteiger partial charge in [0.15, 0.2) is 5.60 Å². The third kappa shape index (κ3) is 3.20. The van der Waals surface area contributed by atoms with Crippen molar-refractivity contribution in [1.29, 1.82) is 0 Å². The van der Waals surface area contributed by atoms with E-state index in [0.717, 1.165) is 10.2 Å². The molecule has 0 spiro atoms. The molecule has 1 saturated heterocycles. The van der Waals surface area contributed by atoms with Crippen LogP contribution in [0.2, 0.25) is 0 Å². The van der Waals surface area contributed by atoms with Crippen molar-refractivity contribution in [3.8, 4) is 5.69 Å². The first-order valence-corrected chi connectivity index (χ1v) is 8.24. The van der Waals surface area contributed by atoms with Gasteiger partial charge in [0.1, 0.15) is 0 Å². The quantitative estimate of drug-likeness (QED) is 0.826. The first-order valence-electron chi connectivity index (χ1n) is 7.45. The highest BCUT2D eigenvalue weighted by atomic mass is 79.9. The summed E-state index contributed by atoms with van der Waals surface area (Å²) >= 11 is 3.37. The SMILES string of the molecule is O=C(c1cnn(-c2ccc(Br)cc2)c1)N1CCC(O)(C(=O)O)CC1. The van der Waals surface area contributed by atoms with Crippen LogP contribution in [0.1, 0.15) is 23.2 Å². The summed E-state index contributed by atoms with van der Waals surface area (Å²) in [6, 6.07) is 7.52. The van der Waals surface area contributed by atoms with Crippen molar-refractivity contribution in [2.75, 3.05) is 13.1 Å². The number of carboxylic acids is 1. The second-order valence-corrected chi connectivity index (χ2v) is 6.69. The molecule has 3 rings (SSSR count). The molecule has 0 unspecified atom stereocenters. The number of hydrogen-bond donors (Lipinski definition) is 2. The lowest BCUT2D eigenvalue weighted by Gasteiger charge is -2.35. The van der Waals surface area contributed by atoms with Crippen molar-refractivity contribution < 1.29 is 19.8 Å². The number of benzene rings is 1. The van der Waals surface area contributed by atoms with Gasteiger partial charge in [-0.2, -0.15) is 5.10 Å². The van der Waals surface area contributed by atoms with Gasteiger partial charge in [-0.25, -0.2) is 9.48 Å². The van der Waals surface area contributed by atoms with Gasteiger partial charge in [-0.3, -0.25) is 4.79 Å². The summed E-state index contributed by atoms with van der Waals surface area (Å²) in [6.07, 6.45) is 3.18. The molecule has 2 N–H and O–H groups in total. The van der Waals surface area contributed by atoms with E-state index in [2.05, 4.69) is 21.0 Å². The van der Waals surface area contributed by atoms with Gasteiger partial charge in [0, 0.05) is 36.6 Å². The monoisotopic (exact) mass is 393 g/mol. The van der Waals surface area contributed by atoms with Gasteiger partial charge in [0.05, 0.1) is 17.4 Å². The van der Waals surface area contributed by atoms with Gasteiger partial charge in [-0.1, -0.05) is 15.9 Å². The predicted molar refractivity (Wildman–Crippen MR) is 89.0 cm³/mol. The highest BCUT2D eigenvalue weighted by molar-refractivity contribution is 9.10. The lowest BCUT2D eigenvalue weighted by atomic mass is 9.91. The average Bonchev–Trinajstić information content (AvgIpc) is 3.05. The van der Waals surface area contributed by atoms with Gasteiger partial charge < -0.3 is 15.1 Å². The number of amides is 1. The summed E-state index contributed by atoms with van der Waals surface area (Å²) in [7, 11) is 0. The first kappa shape index (κ1) is 16.7. The van der Waals surface area contributed by atoms with Crippen LogP contribution in [0.3, 0.4) is 0 Å². The Hall–Kier alpha value is -2.19. The number of piperidine rings is 1. The zero-order valence-corrected chi connectivity index (χ0v) is 14.3. The average molecular weight is 394 g/mol. The minimum absolute atomic E-state index is 0.0227. The molecule has 8 heteroatoms. The lowest BCUT2D eigenvalue weighted by Crippen LogP contribution is -2.50. The number of likely N-dealkylation sites (tertiary alicyclic amines) is 1. The van der Waals surface area contributed by atoms with Crippen LogP contribution in [0, 0.1) is 0 Å². The minimum atomic E-state index is -1.74. The first-order chi connectivity index (χ1) is 11.4. The number of nitrogens with zero attached hydrogens (tertiary/aromatic N) is 3. The third-order valence-electron chi connectivity index (χ3n) is 4.20. The van der Waals surface area contributed by atoms with Crippen molar-refractivity contribution in [2.24, 2.45) is 0 Å². The van der Waals surface area contributed by atoms with E-state index in [-0.39, 0.29) is 31.8 Å². The molecule has 0 saturated carbocycles. The fourth-order valence-electron chi connectivity index (χ4n) is 2.64. The molecule has 24 heavy (non-hydrogen) atoms. The van der Waals surface area contributed by atoms with E-state index in [1.54, 1.807) is 15.8 Å². The Labute approximate surface area is 146 Å². The summed E-state index contributed by atoms with van der Waals surface area (Å²) in [5, 5.41) is 23.2. The van der Waals surface area contributed by atoms with Crippen LogP contribution in [0.5, 0.6) is 0 Å². The van der Waals surface area contributed by atoms with E-state index in [0.29, 0.717) is 5.56 Å². The molecule has 0 bridgehead atoms. The summed E-state index contributed by atoms with van der Waals surface area (Å²) < 4.78 is 2.56. The van der Waals surface area contributed by atoms with E-state index in [1.807, 2.05) is 24.3 Å². The van der Waals surface area contributed by atoms with Crippen LogP contribution in [0.25, 0.3) is 5.69 Å². The fraction of sp³-hybridized carbons (Fsp3) is 0.312. The number of aliphatic carboxylic acids is 1. The van der Waals surface area contributed by atoms with Gasteiger partial charge in [0.2, 0.25) is 0 Å². The number of halogens is 1. The Morgan fingerprint density at radius 1 is 1.17 bits per heavy atom. The van der Waals surface area contributed by atoms with Crippen LogP contribution in [0.15, 0.2) is 41.1 Å². The van der Waals surface area contributed by atoms with Gasteiger partial charge in [0.25, 0.3) is 5.91 Å². The number of carboxylic acid groups (broad SMARTS) is 1. The number of aromatic nitrogens is 2. The molecule has 1 aromatic heterocycles. The Bertz CT molecular complexity index is 764. The lowest BCUT2D eigenvalue weighted by molar-refractivity contribution is -0.162. The fourth-order valence-corrected chi connectivity index (χ4v) is 2.91. The zero-order valence-electron chi connectivity index (χ0n) is 12.7. The number of carbonyl (C=O) groups excluding carboxylic acids is 1. The van der Waals surface area contributed by atoms with E-state index in [9.17, 15) is 14.7 Å². The summed E-state index contributed by atoms with van der Waals surface area (Å²) in [5.41, 5.74) is -0.479. The molecule has 0 radical (unpaired) electrons. The standard InChI is InChI=1S/C16H16BrN3O4/c17-12-1-3-13(4-2-12)20-10-11(9-18-20)14(21)19-7-5-16(24,6-8-19)15(22)23/h1-4,9-10,24H,5-8H2,(H,22,23). The van der Waals surface area contributed by atoms with Crippen LogP contribution < -0.4 is 0 Å². The second-order valence-electron chi connectivity index (χ2n) is 5.78. The normalized spacial score (nSPS) is 16.8. The summed E-state index contributed by atoms with van der Waals surface area (Å²) in [4.78, 5) is 25.1. The van der Waals surface area contributed by atoms with Crippen LogP contribution in [-0.2, 0) is 4.79 Å². The molecule has 0 atom stereocenters. The smallest absolute Gasteiger partial charge is 0.335 e. The predicted octanol–water partition coefficient (Wildman–Crippen LogP) is 1.69.